The van der Waals surface area contributed by atoms with Gasteiger partial charge in [-0.05, 0) is 34.6 Å². The molecule has 0 aromatic carbocycles. The molecule has 6 heteroatoms. The topological polar surface area (TPSA) is 84.5 Å². The molecule has 6 nitrogen and oxygen atoms in total. The molecule has 19 heavy (non-hydrogen) atoms. The highest BCUT2D eigenvalue weighted by Gasteiger charge is 2.22. The van der Waals surface area contributed by atoms with E-state index in [0.717, 1.165) is 0 Å². The van der Waals surface area contributed by atoms with E-state index in [-0.39, 0.29) is 6.10 Å². The second kappa shape index (κ2) is 7.56. The Morgan fingerprint density at radius 2 is 1.53 bits per heavy atom. The molecule has 0 saturated heterocycles. The highest BCUT2D eigenvalue weighted by Crippen LogP contribution is 1.96. The average Bonchev–Trinajstić information content (AvgIpc) is 2.27. The van der Waals surface area contributed by atoms with Gasteiger partial charge in [0.15, 0.2) is 0 Å². The molecule has 2 amide bonds. The molecule has 108 valence electrons. The van der Waals surface area contributed by atoms with Gasteiger partial charge in [-0.3, -0.25) is 9.59 Å². The number of nitrogens with one attached hydrogen (secondary N) is 2. The highest BCUT2D eigenvalue weighted by atomic mass is 16.5. The van der Waals surface area contributed by atoms with E-state index in [1.165, 1.54) is 13.8 Å². The Morgan fingerprint density at radius 1 is 1.00 bits per heavy atom. The summed E-state index contributed by atoms with van der Waals surface area (Å²) in [5.74, 6) is -1.37. The molecular weight excluding hydrogens is 248 g/mol. The zero-order valence-electron chi connectivity index (χ0n) is 12.1. The Bertz CT molecular complexity index is 377. The number of carbonyl (C=O) groups excluding carboxylic acids is 3. The van der Waals surface area contributed by atoms with Crippen LogP contribution in [0.4, 0.5) is 0 Å². The predicted molar refractivity (Wildman–Crippen MR) is 71.3 cm³/mol. The third-order valence-electron chi connectivity index (χ3n) is 2.19. The summed E-state index contributed by atoms with van der Waals surface area (Å²) in [4.78, 5) is 34.6. The number of hydrogen-bond donors (Lipinski definition) is 2. The van der Waals surface area contributed by atoms with Gasteiger partial charge in [-0.2, -0.15) is 0 Å². The Hall–Kier alpha value is -1.85. The maximum absolute atomic E-state index is 11.7. The van der Waals surface area contributed by atoms with Crippen molar-refractivity contribution in [2.24, 2.45) is 0 Å². The van der Waals surface area contributed by atoms with Gasteiger partial charge in [0.25, 0.3) is 0 Å². The Kier molecular flexibility index (Phi) is 6.82. The number of ether oxygens (including phenoxy) is 1. The molecule has 2 N–H and O–H groups in total. The minimum atomic E-state index is -0.765. The van der Waals surface area contributed by atoms with Gasteiger partial charge in [0.1, 0.15) is 12.1 Å². The van der Waals surface area contributed by atoms with Crippen LogP contribution in [0.2, 0.25) is 0 Å². The smallest absolute Gasteiger partial charge is 0.328 e. The molecule has 0 aliphatic heterocycles. The van der Waals surface area contributed by atoms with E-state index in [2.05, 4.69) is 17.2 Å². The van der Waals surface area contributed by atoms with Crippen molar-refractivity contribution < 1.29 is 19.1 Å². The number of esters is 1. The van der Waals surface area contributed by atoms with Crippen molar-refractivity contribution in [1.82, 2.24) is 10.6 Å². The quantitative estimate of drug-likeness (QED) is 0.544. The van der Waals surface area contributed by atoms with Crippen LogP contribution in [-0.4, -0.2) is 36.0 Å². The van der Waals surface area contributed by atoms with Gasteiger partial charge >= 0.3 is 5.97 Å². The first kappa shape index (κ1) is 17.2. The highest BCUT2D eigenvalue weighted by molar-refractivity contribution is 5.96. The molecule has 0 radical (unpaired) electrons. The second-order valence-corrected chi connectivity index (χ2v) is 4.69. The lowest BCUT2D eigenvalue weighted by molar-refractivity contribution is -0.151. The van der Waals surface area contributed by atoms with Crippen molar-refractivity contribution in [1.29, 1.82) is 0 Å². The van der Waals surface area contributed by atoms with Gasteiger partial charge in [-0.25, -0.2) is 4.79 Å². The maximum Gasteiger partial charge on any atom is 0.328 e. The summed E-state index contributed by atoms with van der Waals surface area (Å²) < 4.78 is 4.96. The standard InChI is InChI=1S/C13H22N2O4/c1-7(2)11(16)14-9(5)12(17)15-10(6)13(18)19-8(3)4/h8-10H,1H2,2-6H3,(H,14,16)(H,15,17)/t9-,10-/m0/s1. The number of rotatable bonds is 6. The fourth-order valence-corrected chi connectivity index (χ4v) is 1.12. The first-order valence-corrected chi connectivity index (χ1v) is 6.12. The van der Waals surface area contributed by atoms with Gasteiger partial charge in [0, 0.05) is 5.57 Å². The molecule has 0 fully saturated rings. The maximum atomic E-state index is 11.7. The molecule has 0 bridgehead atoms. The van der Waals surface area contributed by atoms with E-state index in [1.54, 1.807) is 20.8 Å². The summed E-state index contributed by atoms with van der Waals surface area (Å²) in [5, 5.41) is 4.93. The normalized spacial score (nSPS) is 13.4. The largest absolute Gasteiger partial charge is 0.461 e. The Labute approximate surface area is 113 Å². The van der Waals surface area contributed by atoms with E-state index in [4.69, 9.17) is 4.74 Å². The van der Waals surface area contributed by atoms with E-state index in [9.17, 15) is 14.4 Å². The Morgan fingerprint density at radius 3 is 1.95 bits per heavy atom. The van der Waals surface area contributed by atoms with E-state index < -0.39 is 29.9 Å². The summed E-state index contributed by atoms with van der Waals surface area (Å²) in [6, 6.07) is -1.52. The third-order valence-corrected chi connectivity index (χ3v) is 2.19. The van der Waals surface area contributed by atoms with Crippen molar-refractivity contribution in [3.8, 4) is 0 Å². The summed E-state index contributed by atoms with van der Waals surface area (Å²) in [5.41, 5.74) is 0.312. The van der Waals surface area contributed by atoms with Gasteiger partial charge in [-0.15, -0.1) is 0 Å². The minimum absolute atomic E-state index is 0.243. The van der Waals surface area contributed by atoms with Crippen LogP contribution in [0.15, 0.2) is 12.2 Å². The van der Waals surface area contributed by atoms with Gasteiger partial charge in [-0.1, -0.05) is 6.58 Å². The lowest BCUT2D eigenvalue weighted by Crippen LogP contribution is -2.50. The summed E-state index contributed by atoms with van der Waals surface area (Å²) in [6.45, 7) is 11.5. The molecule has 0 aromatic heterocycles. The van der Waals surface area contributed by atoms with Gasteiger partial charge < -0.3 is 15.4 Å². The summed E-state index contributed by atoms with van der Waals surface area (Å²) >= 11 is 0. The summed E-state index contributed by atoms with van der Waals surface area (Å²) in [7, 11) is 0. The molecule has 0 heterocycles. The van der Waals surface area contributed by atoms with Crippen LogP contribution >= 0.6 is 0 Å². The van der Waals surface area contributed by atoms with Crippen molar-refractivity contribution in [2.75, 3.05) is 0 Å². The van der Waals surface area contributed by atoms with E-state index in [1.807, 2.05) is 0 Å². The van der Waals surface area contributed by atoms with Gasteiger partial charge in [0.05, 0.1) is 6.10 Å². The van der Waals surface area contributed by atoms with E-state index in [0.29, 0.717) is 5.57 Å². The van der Waals surface area contributed by atoms with Crippen LogP contribution in [0.5, 0.6) is 0 Å². The second-order valence-electron chi connectivity index (χ2n) is 4.69. The van der Waals surface area contributed by atoms with Crippen molar-refractivity contribution in [2.45, 2.75) is 52.8 Å². The zero-order valence-corrected chi connectivity index (χ0v) is 12.1. The molecule has 2 atom stereocenters. The third kappa shape index (κ3) is 6.59. The first-order chi connectivity index (χ1) is 8.65. The number of hydrogen-bond acceptors (Lipinski definition) is 4. The van der Waals surface area contributed by atoms with Crippen molar-refractivity contribution in [3.05, 3.63) is 12.2 Å². The number of carbonyl (C=O) groups is 3. The van der Waals surface area contributed by atoms with Crippen LogP contribution in [-0.2, 0) is 19.1 Å². The SMILES string of the molecule is C=C(C)C(=O)N[C@@H](C)C(=O)N[C@@H](C)C(=O)OC(C)C. The number of amides is 2. The van der Waals surface area contributed by atoms with Crippen molar-refractivity contribution >= 4 is 17.8 Å². The van der Waals surface area contributed by atoms with Crippen LogP contribution < -0.4 is 10.6 Å². The fraction of sp³-hybridized carbons (Fsp3) is 0.615. The molecule has 0 unspecified atom stereocenters. The minimum Gasteiger partial charge on any atom is -0.461 e. The molecule has 0 aliphatic rings. The predicted octanol–water partition coefficient (Wildman–Crippen LogP) is 0.523. The average molecular weight is 270 g/mol. The van der Waals surface area contributed by atoms with Gasteiger partial charge in [0.2, 0.25) is 11.8 Å². The lowest BCUT2D eigenvalue weighted by Gasteiger charge is -2.18. The first-order valence-electron chi connectivity index (χ1n) is 6.12. The Balaban J connectivity index is 4.32. The summed E-state index contributed by atoms with van der Waals surface area (Å²) in [6.07, 6.45) is -0.243. The monoisotopic (exact) mass is 270 g/mol. The molecule has 0 aromatic rings. The van der Waals surface area contributed by atoms with Crippen LogP contribution in [0.25, 0.3) is 0 Å². The molecule has 0 saturated carbocycles. The lowest BCUT2D eigenvalue weighted by atomic mass is 10.2. The van der Waals surface area contributed by atoms with E-state index >= 15 is 0 Å². The van der Waals surface area contributed by atoms with Crippen LogP contribution in [0.3, 0.4) is 0 Å². The van der Waals surface area contributed by atoms with Crippen molar-refractivity contribution in [3.63, 3.8) is 0 Å². The van der Waals surface area contributed by atoms with Crippen LogP contribution in [0.1, 0.15) is 34.6 Å². The molecular formula is C13H22N2O4. The molecule has 0 rings (SSSR count). The molecule has 0 aliphatic carbocycles. The molecule has 0 spiro atoms. The van der Waals surface area contributed by atoms with Crippen LogP contribution in [0, 0.1) is 0 Å². The zero-order chi connectivity index (χ0) is 15.2. The fourth-order valence-electron chi connectivity index (χ4n) is 1.12.